The van der Waals surface area contributed by atoms with E-state index in [1.807, 2.05) is 6.08 Å². The van der Waals surface area contributed by atoms with Crippen molar-refractivity contribution in [1.82, 2.24) is 5.32 Å². The Balaban J connectivity index is 2.28. The van der Waals surface area contributed by atoms with Crippen molar-refractivity contribution in [2.24, 2.45) is 0 Å². The van der Waals surface area contributed by atoms with Crippen molar-refractivity contribution in [2.75, 3.05) is 13.2 Å². The standard InChI is InChI=1S/C54H101NO8/c1-3-5-7-9-11-13-15-17-19-21-22-23-24-25-26-28-30-32-34-36-38-40-42-44-50(58)55-47(46-62-54-53(61)52(60)51(59)49(45-56)63-54)48(57)43-41-39-37-35-33-31-29-27-20-18-16-14-12-10-8-6-4-2/h22-23,25-26,41,43,47-49,51-54,56-57,59-61H,3-21,24,27-40,42,44-46H2,1-2H3,(H,55,58)/b23-22-,26-25-,43-41+. The number of nitrogens with one attached hydrogen (secondary N) is 1. The Morgan fingerprint density at radius 1 is 0.540 bits per heavy atom. The second-order valence-corrected chi connectivity index (χ2v) is 18.7. The van der Waals surface area contributed by atoms with Crippen molar-refractivity contribution < 1.29 is 39.8 Å². The quantitative estimate of drug-likeness (QED) is 0.0261. The Morgan fingerprint density at radius 2 is 0.937 bits per heavy atom. The highest BCUT2D eigenvalue weighted by Crippen LogP contribution is 2.23. The van der Waals surface area contributed by atoms with E-state index in [9.17, 15) is 30.3 Å². The fraction of sp³-hybridized carbons (Fsp3) is 0.870. The van der Waals surface area contributed by atoms with Crippen LogP contribution in [0.4, 0.5) is 0 Å². The van der Waals surface area contributed by atoms with Gasteiger partial charge in [0.25, 0.3) is 0 Å². The van der Waals surface area contributed by atoms with Crippen molar-refractivity contribution >= 4 is 5.91 Å². The molecule has 9 heteroatoms. The van der Waals surface area contributed by atoms with E-state index < -0.39 is 49.5 Å². The van der Waals surface area contributed by atoms with Crippen molar-refractivity contribution in [3.63, 3.8) is 0 Å². The molecule has 0 aromatic carbocycles. The Labute approximate surface area is 387 Å². The Bertz CT molecular complexity index is 1080. The average Bonchev–Trinajstić information content (AvgIpc) is 3.28. The van der Waals surface area contributed by atoms with E-state index in [0.29, 0.717) is 6.42 Å². The lowest BCUT2D eigenvalue weighted by atomic mass is 9.99. The maximum atomic E-state index is 13.0. The highest BCUT2D eigenvalue weighted by atomic mass is 16.7. The molecule has 0 radical (unpaired) electrons. The maximum absolute atomic E-state index is 13.0. The van der Waals surface area contributed by atoms with Gasteiger partial charge in [-0.2, -0.15) is 0 Å². The van der Waals surface area contributed by atoms with Crippen molar-refractivity contribution in [3.05, 3.63) is 36.5 Å². The van der Waals surface area contributed by atoms with Crippen LogP contribution in [-0.4, -0.2) is 87.5 Å². The van der Waals surface area contributed by atoms with E-state index in [4.69, 9.17) is 9.47 Å². The molecular formula is C54H101NO8. The molecular weight excluding hydrogens is 791 g/mol. The Hall–Kier alpha value is -1.59. The van der Waals surface area contributed by atoms with Crippen LogP contribution in [0.5, 0.6) is 0 Å². The van der Waals surface area contributed by atoms with E-state index in [0.717, 1.165) is 57.8 Å². The molecule has 0 aliphatic carbocycles. The summed E-state index contributed by atoms with van der Waals surface area (Å²) in [5.41, 5.74) is 0. The first-order chi connectivity index (χ1) is 30.8. The van der Waals surface area contributed by atoms with Gasteiger partial charge >= 0.3 is 0 Å². The molecule has 370 valence electrons. The number of allylic oxidation sites excluding steroid dienone is 5. The summed E-state index contributed by atoms with van der Waals surface area (Å²) >= 11 is 0. The first kappa shape index (κ1) is 59.4. The molecule has 1 aliphatic rings. The van der Waals surface area contributed by atoms with Crippen LogP contribution in [0.2, 0.25) is 0 Å². The molecule has 6 N–H and O–H groups in total. The summed E-state index contributed by atoms with van der Waals surface area (Å²) in [4.78, 5) is 13.0. The molecule has 1 aliphatic heterocycles. The molecule has 0 aromatic heterocycles. The van der Waals surface area contributed by atoms with Gasteiger partial charge < -0.3 is 40.3 Å². The summed E-state index contributed by atoms with van der Waals surface area (Å²) in [6, 6.07) is -0.809. The largest absolute Gasteiger partial charge is 0.394 e. The number of ether oxygens (including phenoxy) is 2. The molecule has 0 aromatic rings. The highest BCUT2D eigenvalue weighted by Gasteiger charge is 2.44. The predicted octanol–water partition coefficient (Wildman–Crippen LogP) is 12.4. The second kappa shape index (κ2) is 44.3. The van der Waals surface area contributed by atoms with Gasteiger partial charge in [-0.1, -0.05) is 224 Å². The molecule has 1 saturated heterocycles. The minimum Gasteiger partial charge on any atom is -0.394 e. The smallest absolute Gasteiger partial charge is 0.220 e. The monoisotopic (exact) mass is 892 g/mol. The lowest BCUT2D eigenvalue weighted by molar-refractivity contribution is -0.302. The number of hydrogen-bond acceptors (Lipinski definition) is 8. The number of unbranched alkanes of at least 4 members (excludes halogenated alkanes) is 31. The zero-order valence-electron chi connectivity index (χ0n) is 40.8. The molecule has 1 rings (SSSR count). The van der Waals surface area contributed by atoms with Gasteiger partial charge in [-0.05, 0) is 51.4 Å². The number of carbonyl (C=O) groups is 1. The third-order valence-electron chi connectivity index (χ3n) is 12.7. The highest BCUT2D eigenvalue weighted by molar-refractivity contribution is 5.76. The number of aliphatic hydroxyl groups is 5. The van der Waals surface area contributed by atoms with Gasteiger partial charge in [0, 0.05) is 6.42 Å². The predicted molar refractivity (Wildman–Crippen MR) is 263 cm³/mol. The molecule has 1 heterocycles. The van der Waals surface area contributed by atoms with Crippen LogP contribution in [0.25, 0.3) is 0 Å². The van der Waals surface area contributed by atoms with Crippen LogP contribution in [0.1, 0.15) is 245 Å². The van der Waals surface area contributed by atoms with Gasteiger partial charge in [0.2, 0.25) is 5.91 Å². The topological polar surface area (TPSA) is 149 Å². The minimum atomic E-state index is -1.57. The van der Waals surface area contributed by atoms with Crippen molar-refractivity contribution in [1.29, 1.82) is 0 Å². The third kappa shape index (κ3) is 34.4. The maximum Gasteiger partial charge on any atom is 0.220 e. The second-order valence-electron chi connectivity index (χ2n) is 18.7. The van der Waals surface area contributed by atoms with Crippen LogP contribution >= 0.6 is 0 Å². The lowest BCUT2D eigenvalue weighted by Crippen LogP contribution is -2.60. The minimum absolute atomic E-state index is 0.183. The molecule has 1 amide bonds. The van der Waals surface area contributed by atoms with Crippen LogP contribution in [-0.2, 0) is 14.3 Å². The number of carbonyl (C=O) groups excluding carboxylic acids is 1. The number of aliphatic hydroxyl groups excluding tert-OH is 5. The van der Waals surface area contributed by atoms with Crippen LogP contribution in [0, 0.1) is 0 Å². The molecule has 7 unspecified atom stereocenters. The molecule has 7 atom stereocenters. The van der Waals surface area contributed by atoms with E-state index >= 15 is 0 Å². The summed E-state index contributed by atoms with van der Waals surface area (Å²) in [6.45, 7) is 3.79. The van der Waals surface area contributed by atoms with Gasteiger partial charge in [0.1, 0.15) is 24.4 Å². The number of amides is 1. The normalized spacial score (nSPS) is 20.4. The third-order valence-corrected chi connectivity index (χ3v) is 12.7. The first-order valence-electron chi connectivity index (χ1n) is 26.7. The van der Waals surface area contributed by atoms with E-state index in [1.165, 1.54) is 167 Å². The van der Waals surface area contributed by atoms with Crippen molar-refractivity contribution in [2.45, 2.75) is 288 Å². The van der Waals surface area contributed by atoms with Gasteiger partial charge in [0.15, 0.2) is 6.29 Å². The summed E-state index contributed by atoms with van der Waals surface area (Å²) in [5.74, 6) is -0.183. The summed E-state index contributed by atoms with van der Waals surface area (Å²) in [6.07, 6.45) is 49.1. The SMILES string of the molecule is CCCCCCCCCCC/C=C\C/C=C\CCCCCCCCCC(=O)NC(COC1OC(CO)C(O)C(O)C1O)C(O)/C=C/CCCCCCCCCCCCCCCCC. The summed E-state index contributed by atoms with van der Waals surface area (Å²) in [7, 11) is 0. The van der Waals surface area contributed by atoms with E-state index in [1.54, 1.807) is 6.08 Å². The fourth-order valence-corrected chi connectivity index (χ4v) is 8.42. The van der Waals surface area contributed by atoms with Gasteiger partial charge in [0.05, 0.1) is 25.4 Å². The molecule has 0 saturated carbocycles. The Morgan fingerprint density at radius 3 is 1.37 bits per heavy atom. The Kier molecular flexibility index (Phi) is 41.7. The van der Waals surface area contributed by atoms with Gasteiger partial charge in [-0.3, -0.25) is 4.79 Å². The molecule has 9 nitrogen and oxygen atoms in total. The zero-order chi connectivity index (χ0) is 45.9. The zero-order valence-corrected chi connectivity index (χ0v) is 40.8. The van der Waals surface area contributed by atoms with E-state index in [2.05, 4.69) is 43.5 Å². The van der Waals surface area contributed by atoms with Crippen LogP contribution in [0.3, 0.4) is 0 Å². The van der Waals surface area contributed by atoms with Crippen LogP contribution in [0.15, 0.2) is 36.5 Å². The molecule has 0 spiro atoms. The van der Waals surface area contributed by atoms with Crippen LogP contribution < -0.4 is 5.32 Å². The first-order valence-corrected chi connectivity index (χ1v) is 26.7. The van der Waals surface area contributed by atoms with Crippen molar-refractivity contribution in [3.8, 4) is 0 Å². The molecule has 63 heavy (non-hydrogen) atoms. The van der Waals surface area contributed by atoms with E-state index in [-0.39, 0.29) is 12.5 Å². The molecule has 1 fully saturated rings. The van der Waals surface area contributed by atoms with Gasteiger partial charge in [-0.25, -0.2) is 0 Å². The fourth-order valence-electron chi connectivity index (χ4n) is 8.42. The number of rotatable bonds is 45. The van der Waals surface area contributed by atoms with Gasteiger partial charge in [-0.15, -0.1) is 0 Å². The lowest BCUT2D eigenvalue weighted by Gasteiger charge is -2.40. The molecule has 0 bridgehead atoms. The summed E-state index contributed by atoms with van der Waals surface area (Å²) < 4.78 is 11.2. The average molecular weight is 892 g/mol. The number of hydrogen-bond donors (Lipinski definition) is 6. The summed E-state index contributed by atoms with van der Waals surface area (Å²) in [5, 5.41) is 54.4.